The molecule has 0 aromatic carbocycles. The van der Waals surface area contributed by atoms with Crippen molar-refractivity contribution in [2.45, 2.75) is 142 Å². The lowest BCUT2D eigenvalue weighted by Gasteiger charge is -2.41. The highest BCUT2D eigenvalue weighted by Gasteiger charge is 2.46. The van der Waals surface area contributed by atoms with Crippen LogP contribution in [0.15, 0.2) is 51.4 Å². The van der Waals surface area contributed by atoms with E-state index in [-0.39, 0.29) is 44.2 Å². The van der Waals surface area contributed by atoms with Gasteiger partial charge in [-0.3, -0.25) is 0 Å². The summed E-state index contributed by atoms with van der Waals surface area (Å²) in [5, 5.41) is 0. The maximum absolute atomic E-state index is 6.60. The molecule has 0 bridgehead atoms. The van der Waals surface area contributed by atoms with Crippen molar-refractivity contribution in [1.82, 2.24) is 0 Å². The Hall–Kier alpha value is -2.00. The number of hydrogen-bond donors (Lipinski definition) is 0. The molecule has 0 N–H and O–H groups in total. The summed E-state index contributed by atoms with van der Waals surface area (Å²) in [7, 11) is 0. The zero-order valence-corrected chi connectivity index (χ0v) is 27.4. The van der Waals surface area contributed by atoms with Gasteiger partial charge in [-0.1, -0.05) is 99.5 Å². The van der Waals surface area contributed by atoms with E-state index in [0.717, 1.165) is 25.7 Å². The highest BCUT2D eigenvalue weighted by molar-refractivity contribution is 4.78. The van der Waals surface area contributed by atoms with Gasteiger partial charge in [-0.15, -0.1) is 0 Å². The van der Waals surface area contributed by atoms with E-state index in [1.54, 1.807) is 0 Å². The number of hydrogen-bond acceptors (Lipinski definition) is 8. The van der Waals surface area contributed by atoms with Gasteiger partial charge in [0.25, 0.3) is 0 Å². The van der Waals surface area contributed by atoms with E-state index < -0.39 is 12.1 Å². The minimum Gasteiger partial charge on any atom is -0.496 e. The van der Waals surface area contributed by atoms with Crippen LogP contribution >= 0.6 is 0 Å². The molecule has 0 rings (SSSR count). The second-order valence-corrected chi connectivity index (χ2v) is 10.2. The SMILES string of the molecule is C=COC(CC)COC(CCCCCCCC)C(OCC(CC)OC=C)(OCC(CC)OC=C)OCC(CC)OC=C. The largest absolute Gasteiger partial charge is 0.496 e. The topological polar surface area (TPSA) is 73.8 Å². The Morgan fingerprint density at radius 2 is 0.857 bits per heavy atom. The second-order valence-electron chi connectivity index (χ2n) is 10.2. The summed E-state index contributed by atoms with van der Waals surface area (Å²) in [6.07, 6.45) is 14.6. The molecule has 42 heavy (non-hydrogen) atoms. The average molecular weight is 599 g/mol. The van der Waals surface area contributed by atoms with Crippen molar-refractivity contribution in [3.8, 4) is 0 Å². The van der Waals surface area contributed by atoms with Gasteiger partial charge < -0.3 is 37.9 Å². The minimum absolute atomic E-state index is 0.167. The summed E-state index contributed by atoms with van der Waals surface area (Å²) in [4.78, 5) is 0. The molecule has 0 radical (unpaired) electrons. The molecule has 0 fully saturated rings. The van der Waals surface area contributed by atoms with Crippen molar-refractivity contribution in [2.75, 3.05) is 26.4 Å². The zero-order valence-electron chi connectivity index (χ0n) is 27.4. The van der Waals surface area contributed by atoms with Gasteiger partial charge in [0, 0.05) is 0 Å². The van der Waals surface area contributed by atoms with Gasteiger partial charge in [0.1, 0.15) is 30.5 Å². The predicted molar refractivity (Wildman–Crippen MR) is 170 cm³/mol. The predicted octanol–water partition coefficient (Wildman–Crippen LogP) is 8.58. The second kappa shape index (κ2) is 26.6. The Bertz CT molecular complexity index is 615. The van der Waals surface area contributed by atoms with Crippen molar-refractivity contribution in [3.05, 3.63) is 51.4 Å². The Balaban J connectivity index is 6.46. The van der Waals surface area contributed by atoms with E-state index in [0.29, 0.717) is 32.3 Å². The molecule has 0 spiro atoms. The highest BCUT2D eigenvalue weighted by Crippen LogP contribution is 2.30. The maximum atomic E-state index is 6.60. The van der Waals surface area contributed by atoms with E-state index >= 15 is 0 Å². The standard InChI is InChI=1S/C34H62O8/c1-10-19-20-21-22-23-24-33(39-25-29(11-2)35-15-6)34(40-26-30(12-3)36-16-7,41-27-31(13-4)37-17-8)42-28-32(14-5)38-18-9/h15-18,29-33H,6-14,19-28H2,1-5H3. The quantitative estimate of drug-likeness (QED) is 0.0433. The van der Waals surface area contributed by atoms with Crippen LogP contribution in [0.1, 0.15) is 105 Å². The van der Waals surface area contributed by atoms with Crippen molar-refractivity contribution >= 4 is 0 Å². The van der Waals surface area contributed by atoms with E-state index in [1.165, 1.54) is 44.3 Å². The normalized spacial score (nSPS) is 16.2. The lowest BCUT2D eigenvalue weighted by atomic mass is 10.1. The molecule has 246 valence electrons. The van der Waals surface area contributed by atoms with Crippen molar-refractivity contribution in [3.63, 3.8) is 0 Å². The van der Waals surface area contributed by atoms with Gasteiger partial charge in [-0.05, 0) is 32.1 Å². The third-order valence-electron chi connectivity index (χ3n) is 7.08. The fourth-order valence-corrected chi connectivity index (χ4v) is 4.28. The summed E-state index contributed by atoms with van der Waals surface area (Å²) in [5.74, 6) is -1.57. The van der Waals surface area contributed by atoms with Crippen molar-refractivity contribution < 1.29 is 37.9 Å². The molecule has 0 amide bonds. The molecule has 0 aromatic rings. The molecule has 0 saturated heterocycles. The molecule has 0 heterocycles. The fourth-order valence-electron chi connectivity index (χ4n) is 4.28. The molecule has 8 heteroatoms. The molecule has 0 aliphatic rings. The summed E-state index contributed by atoms with van der Waals surface area (Å²) >= 11 is 0. The summed E-state index contributed by atoms with van der Waals surface area (Å²) in [5.41, 5.74) is 0. The van der Waals surface area contributed by atoms with Gasteiger partial charge in [-0.25, -0.2) is 0 Å². The third-order valence-corrected chi connectivity index (χ3v) is 7.08. The van der Waals surface area contributed by atoms with E-state index in [4.69, 9.17) is 37.9 Å². The smallest absolute Gasteiger partial charge is 0.311 e. The molecule has 0 aromatic heterocycles. The molecule has 5 atom stereocenters. The number of ether oxygens (including phenoxy) is 8. The van der Waals surface area contributed by atoms with Crippen LogP contribution in [0.2, 0.25) is 0 Å². The molecule has 8 nitrogen and oxygen atoms in total. The van der Waals surface area contributed by atoms with Crippen molar-refractivity contribution in [1.29, 1.82) is 0 Å². The van der Waals surface area contributed by atoms with Gasteiger partial charge in [0.05, 0.1) is 51.5 Å². The fraction of sp³-hybridized carbons (Fsp3) is 0.765. The Morgan fingerprint density at radius 1 is 0.500 bits per heavy atom. The van der Waals surface area contributed by atoms with Crippen LogP contribution < -0.4 is 0 Å². The van der Waals surface area contributed by atoms with Crippen LogP contribution in [-0.4, -0.2) is 62.9 Å². The Morgan fingerprint density at radius 3 is 1.21 bits per heavy atom. The maximum Gasteiger partial charge on any atom is 0.311 e. The zero-order chi connectivity index (χ0) is 31.5. The first kappa shape index (κ1) is 40.0. The number of unbranched alkanes of at least 4 members (excludes halogenated alkanes) is 5. The summed E-state index contributed by atoms with van der Waals surface area (Å²) in [6.45, 7) is 26.2. The lowest BCUT2D eigenvalue weighted by molar-refractivity contribution is -0.428. The third kappa shape index (κ3) is 17.2. The number of rotatable bonds is 32. The molecule has 0 saturated carbocycles. The van der Waals surface area contributed by atoms with E-state index in [9.17, 15) is 0 Å². The first-order chi connectivity index (χ1) is 20.4. The molecule has 0 aliphatic heterocycles. The first-order valence-corrected chi connectivity index (χ1v) is 16.0. The van der Waals surface area contributed by atoms with Crippen LogP contribution in [0.3, 0.4) is 0 Å². The molecular formula is C34H62O8. The monoisotopic (exact) mass is 598 g/mol. The Kier molecular flexibility index (Phi) is 25.3. The highest BCUT2D eigenvalue weighted by atomic mass is 16.9. The minimum atomic E-state index is -1.57. The lowest BCUT2D eigenvalue weighted by Crippen LogP contribution is -2.54. The summed E-state index contributed by atoms with van der Waals surface area (Å²) in [6, 6.07) is 0. The molecular weight excluding hydrogens is 536 g/mol. The Labute approximate surface area is 257 Å². The molecule has 0 aliphatic carbocycles. The van der Waals surface area contributed by atoms with Crippen LogP contribution in [0.25, 0.3) is 0 Å². The van der Waals surface area contributed by atoms with Gasteiger partial charge >= 0.3 is 5.97 Å². The van der Waals surface area contributed by atoms with Crippen LogP contribution in [0, 0.1) is 0 Å². The average Bonchev–Trinajstić information content (AvgIpc) is 3.01. The van der Waals surface area contributed by atoms with Crippen LogP contribution in [0.5, 0.6) is 0 Å². The molecule has 5 unspecified atom stereocenters. The van der Waals surface area contributed by atoms with Crippen molar-refractivity contribution in [2.24, 2.45) is 0 Å². The van der Waals surface area contributed by atoms with Crippen LogP contribution in [0.4, 0.5) is 0 Å². The van der Waals surface area contributed by atoms with Gasteiger partial charge in [0.15, 0.2) is 0 Å². The van der Waals surface area contributed by atoms with E-state index in [1.807, 2.05) is 27.7 Å². The summed E-state index contributed by atoms with van der Waals surface area (Å²) < 4.78 is 49.2. The van der Waals surface area contributed by atoms with Crippen LogP contribution in [-0.2, 0) is 37.9 Å². The van der Waals surface area contributed by atoms with E-state index in [2.05, 4.69) is 33.2 Å². The van der Waals surface area contributed by atoms with Gasteiger partial charge in [-0.2, -0.15) is 0 Å². The van der Waals surface area contributed by atoms with Gasteiger partial charge in [0.2, 0.25) is 0 Å². The first-order valence-electron chi connectivity index (χ1n) is 16.0.